The fourth-order valence-electron chi connectivity index (χ4n) is 4.15. The Labute approximate surface area is 161 Å². The monoisotopic (exact) mass is 369 g/mol. The van der Waals surface area contributed by atoms with Crippen LogP contribution in [0.5, 0.6) is 0 Å². The Hall–Kier alpha value is -3.47. The first-order chi connectivity index (χ1) is 13.6. The van der Waals surface area contributed by atoms with Gasteiger partial charge in [0.15, 0.2) is 0 Å². The highest BCUT2D eigenvalue weighted by Gasteiger charge is 2.17. The number of carbonyl (C=O) groups is 1. The van der Waals surface area contributed by atoms with E-state index < -0.39 is 0 Å². The van der Waals surface area contributed by atoms with Crippen LogP contribution >= 0.6 is 0 Å². The molecule has 4 aromatic rings. The summed E-state index contributed by atoms with van der Waals surface area (Å²) in [6.07, 6.45) is 3.54. The van der Waals surface area contributed by atoms with Crippen molar-refractivity contribution < 1.29 is 4.79 Å². The number of para-hydroxylation sites is 1. The molecule has 5 heteroatoms. The average molecular weight is 369 g/mol. The molecule has 0 unspecified atom stereocenters. The van der Waals surface area contributed by atoms with E-state index in [2.05, 4.69) is 22.4 Å². The molecule has 28 heavy (non-hydrogen) atoms. The van der Waals surface area contributed by atoms with Crippen LogP contribution in [0, 0.1) is 6.92 Å². The third-order valence-corrected chi connectivity index (χ3v) is 5.52. The second-order valence-electron chi connectivity index (χ2n) is 7.31. The van der Waals surface area contributed by atoms with Crippen LogP contribution in [-0.4, -0.2) is 15.5 Å². The van der Waals surface area contributed by atoms with Gasteiger partial charge in [0, 0.05) is 11.1 Å². The Morgan fingerprint density at radius 3 is 2.64 bits per heavy atom. The summed E-state index contributed by atoms with van der Waals surface area (Å²) in [6, 6.07) is 15.7. The Bertz CT molecular complexity index is 1310. The fourth-order valence-corrected chi connectivity index (χ4v) is 4.15. The molecule has 5 rings (SSSR count). The summed E-state index contributed by atoms with van der Waals surface area (Å²) in [5, 5.41) is 5.81. The maximum Gasteiger partial charge on any atom is 0.261 e. The van der Waals surface area contributed by atoms with Gasteiger partial charge in [0.1, 0.15) is 6.54 Å². The summed E-state index contributed by atoms with van der Waals surface area (Å²) in [5.74, 6) is -0.241. The summed E-state index contributed by atoms with van der Waals surface area (Å²) in [6.45, 7) is 1.85. The van der Waals surface area contributed by atoms with Crippen molar-refractivity contribution in [3.63, 3.8) is 0 Å². The second kappa shape index (κ2) is 6.30. The third kappa shape index (κ3) is 2.59. The van der Waals surface area contributed by atoms with Crippen LogP contribution in [0.4, 0.5) is 5.69 Å². The van der Waals surface area contributed by atoms with Gasteiger partial charge in [-0.3, -0.25) is 14.2 Å². The maximum absolute atomic E-state index is 12.7. The van der Waals surface area contributed by atoms with E-state index in [-0.39, 0.29) is 18.0 Å². The normalized spacial score (nSPS) is 12.6. The van der Waals surface area contributed by atoms with Crippen molar-refractivity contribution in [2.75, 3.05) is 5.32 Å². The molecule has 3 aromatic carbocycles. The molecular weight excluding hydrogens is 350 g/mol. The number of hydrogen-bond acceptors (Lipinski definition) is 3. The minimum absolute atomic E-state index is 0.0708. The number of anilines is 1. The predicted molar refractivity (Wildman–Crippen MR) is 111 cm³/mol. The average Bonchev–Trinajstić information content (AvgIpc) is 3.12. The van der Waals surface area contributed by atoms with E-state index in [0.717, 1.165) is 29.5 Å². The molecule has 1 heterocycles. The van der Waals surface area contributed by atoms with Crippen LogP contribution in [0.1, 0.15) is 16.7 Å². The number of nitrogens with zero attached hydrogens (tertiary/aromatic N) is 2. The molecule has 0 fully saturated rings. The minimum atomic E-state index is -0.241. The van der Waals surface area contributed by atoms with E-state index in [4.69, 9.17) is 0 Å². The molecule has 1 amide bonds. The van der Waals surface area contributed by atoms with Crippen molar-refractivity contribution in [3.8, 4) is 0 Å². The smallest absolute Gasteiger partial charge is 0.261 e. The molecule has 1 aromatic heterocycles. The summed E-state index contributed by atoms with van der Waals surface area (Å²) in [7, 11) is 0. The van der Waals surface area contributed by atoms with E-state index in [0.29, 0.717) is 10.9 Å². The summed E-state index contributed by atoms with van der Waals surface area (Å²) >= 11 is 0. The molecule has 1 N–H and O–H groups in total. The standard InChI is InChI=1S/C23H19N3O2/c1-14-4-2-7-18-22(14)24-13-26(23(18)28)12-20(27)25-19-11-10-16-9-8-15-5-3-6-17(19)21(15)16/h2-7,10-11,13H,8-9,12H2,1H3,(H,25,27). The van der Waals surface area contributed by atoms with E-state index in [1.807, 2.05) is 37.3 Å². The Morgan fingerprint density at radius 2 is 1.79 bits per heavy atom. The van der Waals surface area contributed by atoms with Gasteiger partial charge in [0.2, 0.25) is 5.91 Å². The molecule has 0 aliphatic heterocycles. The maximum atomic E-state index is 12.7. The van der Waals surface area contributed by atoms with Gasteiger partial charge in [-0.15, -0.1) is 0 Å². The number of aromatic nitrogens is 2. The first kappa shape index (κ1) is 16.7. The van der Waals surface area contributed by atoms with Gasteiger partial charge in [-0.25, -0.2) is 4.98 Å². The number of hydrogen-bond donors (Lipinski definition) is 1. The molecule has 0 radical (unpaired) electrons. The number of benzene rings is 3. The lowest BCUT2D eigenvalue weighted by Crippen LogP contribution is -2.28. The van der Waals surface area contributed by atoms with Crippen LogP contribution in [0.25, 0.3) is 21.7 Å². The lowest BCUT2D eigenvalue weighted by atomic mass is 10.0. The van der Waals surface area contributed by atoms with Crippen molar-refractivity contribution in [3.05, 3.63) is 81.9 Å². The van der Waals surface area contributed by atoms with Gasteiger partial charge < -0.3 is 5.32 Å². The zero-order chi connectivity index (χ0) is 19.3. The zero-order valence-electron chi connectivity index (χ0n) is 15.5. The topological polar surface area (TPSA) is 64.0 Å². The van der Waals surface area contributed by atoms with Crippen molar-refractivity contribution in [1.82, 2.24) is 9.55 Å². The number of carbonyl (C=O) groups excluding carboxylic acids is 1. The quantitative estimate of drug-likeness (QED) is 0.600. The Morgan fingerprint density at radius 1 is 1.04 bits per heavy atom. The highest BCUT2D eigenvalue weighted by molar-refractivity contribution is 6.05. The molecule has 0 bridgehead atoms. The zero-order valence-corrected chi connectivity index (χ0v) is 15.5. The van der Waals surface area contributed by atoms with Crippen LogP contribution in [0.15, 0.2) is 59.7 Å². The third-order valence-electron chi connectivity index (χ3n) is 5.52. The molecule has 1 aliphatic carbocycles. The van der Waals surface area contributed by atoms with E-state index in [1.54, 1.807) is 6.07 Å². The first-order valence-electron chi connectivity index (χ1n) is 9.40. The lowest BCUT2D eigenvalue weighted by Gasteiger charge is -2.12. The number of amides is 1. The van der Waals surface area contributed by atoms with E-state index in [9.17, 15) is 9.59 Å². The van der Waals surface area contributed by atoms with Crippen LogP contribution in [-0.2, 0) is 24.2 Å². The van der Waals surface area contributed by atoms with Crippen molar-refractivity contribution >= 4 is 33.3 Å². The van der Waals surface area contributed by atoms with Crippen molar-refractivity contribution in [2.45, 2.75) is 26.3 Å². The second-order valence-corrected chi connectivity index (χ2v) is 7.31. The molecule has 138 valence electrons. The summed E-state index contributed by atoms with van der Waals surface area (Å²) < 4.78 is 1.36. The molecule has 0 saturated carbocycles. The molecular formula is C23H19N3O2. The van der Waals surface area contributed by atoms with Gasteiger partial charge in [0.25, 0.3) is 5.56 Å². The molecule has 0 saturated heterocycles. The predicted octanol–water partition coefficient (Wildman–Crippen LogP) is 3.60. The van der Waals surface area contributed by atoms with Crippen molar-refractivity contribution in [2.24, 2.45) is 0 Å². The summed E-state index contributed by atoms with van der Waals surface area (Å²) in [4.78, 5) is 29.8. The number of fused-ring (bicyclic) bond motifs is 1. The molecule has 1 aliphatic rings. The summed E-state index contributed by atoms with van der Waals surface area (Å²) in [5.41, 5.74) is 4.85. The van der Waals surface area contributed by atoms with Gasteiger partial charge in [-0.05, 0) is 54.0 Å². The number of aryl methyl sites for hydroxylation is 3. The van der Waals surface area contributed by atoms with Crippen molar-refractivity contribution in [1.29, 1.82) is 0 Å². The number of rotatable bonds is 3. The SMILES string of the molecule is Cc1cccc2c(=O)n(CC(=O)Nc3ccc4c5c(cccc35)CC4)cnc12. The first-order valence-corrected chi connectivity index (χ1v) is 9.40. The lowest BCUT2D eigenvalue weighted by molar-refractivity contribution is -0.116. The van der Waals surface area contributed by atoms with Crippen LogP contribution < -0.4 is 10.9 Å². The highest BCUT2D eigenvalue weighted by Crippen LogP contribution is 2.34. The van der Waals surface area contributed by atoms with Gasteiger partial charge >= 0.3 is 0 Å². The Balaban J connectivity index is 1.47. The van der Waals surface area contributed by atoms with Crippen LogP contribution in [0.3, 0.4) is 0 Å². The van der Waals surface area contributed by atoms with Gasteiger partial charge in [0.05, 0.1) is 17.2 Å². The van der Waals surface area contributed by atoms with Gasteiger partial charge in [-0.1, -0.05) is 36.4 Å². The molecule has 0 spiro atoms. The highest BCUT2D eigenvalue weighted by atomic mass is 16.2. The van der Waals surface area contributed by atoms with E-state index >= 15 is 0 Å². The largest absolute Gasteiger partial charge is 0.324 e. The molecule has 0 atom stereocenters. The van der Waals surface area contributed by atoms with Crippen LogP contribution in [0.2, 0.25) is 0 Å². The fraction of sp³-hybridized carbons (Fsp3) is 0.174. The number of nitrogens with one attached hydrogen (secondary N) is 1. The van der Waals surface area contributed by atoms with Gasteiger partial charge in [-0.2, -0.15) is 0 Å². The Kier molecular flexibility index (Phi) is 3.76. The van der Waals surface area contributed by atoms with E-state index in [1.165, 1.54) is 27.4 Å². The minimum Gasteiger partial charge on any atom is -0.324 e. The molecule has 5 nitrogen and oxygen atoms in total.